The van der Waals surface area contributed by atoms with E-state index in [4.69, 9.17) is 56.8 Å². The number of amides is 2. The minimum atomic E-state index is -2.06. The second-order valence-electron chi connectivity index (χ2n) is 36.3. The lowest BCUT2D eigenvalue weighted by Crippen LogP contribution is -2.62. The molecule has 0 spiro atoms. The standard InChI is InChI=1S/C81H150N6O26/c1-27-55-81(20,101)67(93)45(7)61(41(3)37-77(16,99)71(113-75-63(91)54(87(23)24)35-43(5)105-75)47(9)65(49(11)73(97)109-55)111-59-39-79(18,103-26)69(95)51(13)107-59)85-33-31-83-57(89)29-28-56(88)82-30-32-84-60-40(2)36-76(15,98)70(112-74-62(90)53(86(21)22)34-42(4)104-74)46(8)64(110-58-38-78(17,102-25)68(94)50(12)106-58)48(10)72(96)108-52(14)80(19,100)66(92)44(60)6/h40-55,58-71,74-75,84-85,90-95,98-101H,27-39H2,1-26H3,(H,82,88)(H,83,89)/t40-,41-,42+,43-,44+,45+,46+,47+,48-,49-,50-,51+,52-,53-,54+,55-,58?,59?,60+,61+,62+,63-,64+,65+,66-,67-,68-,69+,70-,71-,74?,75?,76-,77-,78+,79-,80-,81-/m1/s1. The molecule has 6 fully saturated rings. The SMILES string of the molecule is CC[C@H]1OC(=O)[C@H](C)[C@@H](OC2C[C@@](C)(OC)[C@@H](O)[C@H](C)O2)[C@H](C)[C@@H](OC2O[C@H](C)C[C@H](N(C)C)[C@H]2O)[C@](C)(O)C[C@@H](C)[C@H](NCCNC(=O)CCC(=O)NCCN[C@@H]2[C@H](C)[C@@H](O)[C@](C)(O)[C@@H](C)OC(=O)[C@H](C)[C@@H](OC3C[C@](C)(OC)[C@H](O)[C@@H](C)O3)[C@H](C)[C@@H](OC3O[C@@H](C)C[C@@H](N(C)C)[C@@H]3O)[C@](C)(O)C[C@H]2C)[C@H](C)[C@@H](O)[C@]1(C)O. The van der Waals surface area contributed by atoms with E-state index in [1.807, 2.05) is 65.7 Å². The zero-order valence-corrected chi connectivity index (χ0v) is 72.6. The lowest BCUT2D eigenvalue weighted by molar-refractivity contribution is -0.318. The van der Waals surface area contributed by atoms with Gasteiger partial charge in [0.05, 0.1) is 95.3 Å². The lowest BCUT2D eigenvalue weighted by atomic mass is 9.72. The topological polar surface area (TPSA) is 436 Å². The molecule has 0 bridgehead atoms. The Balaban J connectivity index is 1.19. The third-order valence-corrected chi connectivity index (χ3v) is 26.3. The maximum absolute atomic E-state index is 14.7. The Hall–Kier alpha value is -3.08. The predicted octanol–water partition coefficient (Wildman–Crippen LogP) is 1.99. The van der Waals surface area contributed by atoms with Crippen molar-refractivity contribution in [3.8, 4) is 0 Å². The molecule has 6 aliphatic rings. The second kappa shape index (κ2) is 41.0. The molecule has 0 aliphatic carbocycles. The Morgan fingerprint density at radius 2 is 0.832 bits per heavy atom. The third-order valence-electron chi connectivity index (χ3n) is 26.3. The Morgan fingerprint density at radius 1 is 0.478 bits per heavy atom. The van der Waals surface area contributed by atoms with E-state index in [0.717, 1.165) is 0 Å². The highest BCUT2D eigenvalue weighted by Gasteiger charge is 2.57. The van der Waals surface area contributed by atoms with E-state index in [1.54, 1.807) is 90.0 Å². The summed E-state index contributed by atoms with van der Waals surface area (Å²) in [4.78, 5) is 60.3. The largest absolute Gasteiger partial charge is 0.459 e. The minimum absolute atomic E-state index is 0.0332. The van der Waals surface area contributed by atoms with Crippen LogP contribution in [0.2, 0.25) is 0 Å². The van der Waals surface area contributed by atoms with Crippen molar-refractivity contribution in [2.45, 2.75) is 377 Å². The molecule has 113 heavy (non-hydrogen) atoms. The highest BCUT2D eigenvalue weighted by Crippen LogP contribution is 2.45. The molecule has 32 heteroatoms. The van der Waals surface area contributed by atoms with Crippen LogP contribution in [0, 0.1) is 47.3 Å². The Bertz CT molecular complexity index is 2980. The fourth-order valence-electron chi connectivity index (χ4n) is 18.9. The van der Waals surface area contributed by atoms with Gasteiger partial charge in [-0.15, -0.1) is 0 Å². The molecule has 14 N–H and O–H groups in total. The van der Waals surface area contributed by atoms with Gasteiger partial charge in [0.2, 0.25) is 11.8 Å². The molecule has 4 unspecified atom stereocenters. The summed E-state index contributed by atoms with van der Waals surface area (Å²) < 4.78 is 76.4. The number of carbonyl (C=O) groups is 4. The number of esters is 2. The number of carbonyl (C=O) groups excluding carboxylic acids is 4. The highest BCUT2D eigenvalue weighted by molar-refractivity contribution is 5.83. The summed E-state index contributed by atoms with van der Waals surface area (Å²) in [6.45, 7) is 33.8. The number of nitrogens with one attached hydrogen (secondary N) is 4. The molecular formula is C81H150N6O26. The van der Waals surface area contributed by atoms with Gasteiger partial charge in [0.15, 0.2) is 25.2 Å². The van der Waals surface area contributed by atoms with Crippen molar-refractivity contribution < 1.29 is 127 Å². The lowest BCUT2D eigenvalue weighted by Gasteiger charge is -2.49. The summed E-state index contributed by atoms with van der Waals surface area (Å²) >= 11 is 0. The van der Waals surface area contributed by atoms with Crippen LogP contribution >= 0.6 is 0 Å². The Labute approximate surface area is 672 Å². The normalized spacial score (nSPS) is 47.4. The number of rotatable bonds is 24. The summed E-state index contributed by atoms with van der Waals surface area (Å²) in [6.07, 6.45) is -21.4. The predicted molar refractivity (Wildman–Crippen MR) is 417 cm³/mol. The van der Waals surface area contributed by atoms with Gasteiger partial charge in [0.25, 0.3) is 0 Å². The van der Waals surface area contributed by atoms with E-state index in [1.165, 1.54) is 35.0 Å². The van der Waals surface area contributed by atoms with Gasteiger partial charge in [0, 0.05) is 114 Å². The Kier molecular flexibility index (Phi) is 35.8. The first-order valence-corrected chi connectivity index (χ1v) is 41.3. The second-order valence-corrected chi connectivity index (χ2v) is 36.3. The maximum Gasteiger partial charge on any atom is 0.311 e. The van der Waals surface area contributed by atoms with Gasteiger partial charge in [0.1, 0.15) is 47.8 Å². The number of methoxy groups -OCH3 is 2. The van der Waals surface area contributed by atoms with Crippen LogP contribution in [0.5, 0.6) is 0 Å². The zero-order valence-electron chi connectivity index (χ0n) is 72.6. The first-order valence-electron chi connectivity index (χ1n) is 41.3. The average molecular weight is 1620 g/mol. The van der Waals surface area contributed by atoms with Crippen molar-refractivity contribution in [3.05, 3.63) is 0 Å². The minimum Gasteiger partial charge on any atom is -0.459 e. The van der Waals surface area contributed by atoms with Crippen LogP contribution in [0.25, 0.3) is 0 Å². The molecular weight excluding hydrogens is 1470 g/mol. The summed E-state index contributed by atoms with van der Waals surface area (Å²) in [6, 6.07) is -2.27. The number of aliphatic hydroxyl groups is 10. The highest BCUT2D eigenvalue weighted by atomic mass is 16.7. The van der Waals surface area contributed by atoms with Gasteiger partial charge in [-0.2, -0.15) is 0 Å². The van der Waals surface area contributed by atoms with Gasteiger partial charge in [-0.1, -0.05) is 48.5 Å². The van der Waals surface area contributed by atoms with Crippen molar-refractivity contribution in [3.63, 3.8) is 0 Å². The van der Waals surface area contributed by atoms with Crippen molar-refractivity contribution >= 4 is 23.8 Å². The molecule has 0 saturated carbocycles. The third kappa shape index (κ3) is 24.0. The number of cyclic esters (lactones) is 2. The van der Waals surface area contributed by atoms with Crippen LogP contribution < -0.4 is 21.3 Å². The van der Waals surface area contributed by atoms with Crippen LogP contribution in [0.1, 0.15) is 196 Å². The fraction of sp³-hybridized carbons (Fsp3) is 0.951. The molecule has 0 aromatic carbocycles. The molecule has 2 amide bonds. The molecule has 0 radical (unpaired) electrons. The summed E-state index contributed by atoms with van der Waals surface area (Å²) in [5.74, 6) is -9.44. The molecule has 6 saturated heterocycles. The molecule has 32 nitrogen and oxygen atoms in total. The van der Waals surface area contributed by atoms with Gasteiger partial charge in [-0.3, -0.25) is 19.2 Å². The summed E-state index contributed by atoms with van der Waals surface area (Å²) in [5.41, 5.74) is -10.1. The molecule has 38 atom stereocenters. The maximum atomic E-state index is 14.7. The van der Waals surface area contributed by atoms with E-state index in [-0.39, 0.29) is 83.3 Å². The van der Waals surface area contributed by atoms with E-state index < -0.39 is 239 Å². The van der Waals surface area contributed by atoms with Crippen molar-refractivity contribution in [2.75, 3.05) is 68.6 Å². The van der Waals surface area contributed by atoms with Gasteiger partial charge >= 0.3 is 11.9 Å². The number of nitrogens with zero attached hydrogens (tertiary/aromatic N) is 2. The van der Waals surface area contributed by atoms with Crippen LogP contribution in [0.3, 0.4) is 0 Å². The van der Waals surface area contributed by atoms with Gasteiger partial charge < -0.3 is 139 Å². The smallest absolute Gasteiger partial charge is 0.311 e. The monoisotopic (exact) mass is 1620 g/mol. The first-order chi connectivity index (χ1) is 52.3. The number of ether oxygens (including phenoxy) is 12. The molecule has 6 aliphatic heterocycles. The average Bonchev–Trinajstić information content (AvgIpc) is 0.762. The van der Waals surface area contributed by atoms with E-state index in [9.17, 15) is 70.2 Å². The molecule has 660 valence electrons. The van der Waals surface area contributed by atoms with E-state index >= 15 is 0 Å². The summed E-state index contributed by atoms with van der Waals surface area (Å²) in [5, 5.41) is 135. The van der Waals surface area contributed by atoms with Crippen LogP contribution in [-0.2, 0) is 76.0 Å². The number of aliphatic hydroxyl groups excluding tert-OH is 6. The quantitative estimate of drug-likeness (QED) is 0.0485. The number of hydrogen-bond donors (Lipinski definition) is 14. The zero-order chi connectivity index (χ0) is 85.4. The molecule has 0 aromatic heterocycles. The van der Waals surface area contributed by atoms with Gasteiger partial charge in [-0.25, -0.2) is 0 Å². The molecule has 0 aromatic rings. The van der Waals surface area contributed by atoms with Crippen molar-refractivity contribution in [2.24, 2.45) is 47.3 Å². The van der Waals surface area contributed by atoms with E-state index in [2.05, 4.69) is 21.3 Å². The van der Waals surface area contributed by atoms with Crippen molar-refractivity contribution in [1.82, 2.24) is 31.1 Å². The van der Waals surface area contributed by atoms with E-state index in [0.29, 0.717) is 12.8 Å². The van der Waals surface area contributed by atoms with Gasteiger partial charge in [-0.05, 0) is 162 Å². The Morgan fingerprint density at radius 3 is 1.18 bits per heavy atom. The van der Waals surface area contributed by atoms with Crippen molar-refractivity contribution in [1.29, 1.82) is 0 Å². The number of hydrogen-bond acceptors (Lipinski definition) is 30. The molecule has 6 rings (SSSR count). The molecule has 6 heterocycles. The number of likely N-dealkylation sites (N-methyl/N-ethyl adjacent to an activating group) is 2. The van der Waals surface area contributed by atoms with Crippen LogP contribution in [-0.4, -0.2) is 334 Å². The van der Waals surface area contributed by atoms with Crippen LogP contribution in [0.4, 0.5) is 0 Å². The summed E-state index contributed by atoms with van der Waals surface area (Å²) in [7, 11) is 10.3. The fourth-order valence-corrected chi connectivity index (χ4v) is 18.9. The first kappa shape index (κ1) is 98.7. The van der Waals surface area contributed by atoms with Crippen LogP contribution in [0.15, 0.2) is 0 Å².